The number of methoxy groups -OCH3 is 1. The van der Waals surface area contributed by atoms with E-state index in [-0.39, 0.29) is 24.1 Å². The van der Waals surface area contributed by atoms with Gasteiger partial charge in [0.1, 0.15) is 17.8 Å². The van der Waals surface area contributed by atoms with Gasteiger partial charge in [-0.1, -0.05) is 18.2 Å². The molecular weight excluding hydrogens is 312 g/mol. The molecule has 4 rings (SSSR count). The van der Waals surface area contributed by atoms with Gasteiger partial charge in [0.05, 0.1) is 12.2 Å². The molecule has 2 saturated heterocycles. The summed E-state index contributed by atoms with van der Waals surface area (Å²) in [6, 6.07) is 8.97. The van der Waals surface area contributed by atoms with E-state index in [1.165, 1.54) is 0 Å². The molecule has 24 heavy (non-hydrogen) atoms. The van der Waals surface area contributed by atoms with Crippen LogP contribution in [0.2, 0.25) is 0 Å². The fourth-order valence-corrected chi connectivity index (χ4v) is 3.75. The van der Waals surface area contributed by atoms with E-state index in [4.69, 9.17) is 23.7 Å². The molecule has 0 radical (unpaired) electrons. The summed E-state index contributed by atoms with van der Waals surface area (Å²) in [5.41, 5.74) is 0.0737. The summed E-state index contributed by atoms with van der Waals surface area (Å²) in [7, 11) is 1.60. The summed E-state index contributed by atoms with van der Waals surface area (Å²) in [5, 5.41) is 0. The van der Waals surface area contributed by atoms with Gasteiger partial charge < -0.3 is 23.7 Å². The number of fused-ring (bicyclic) bond motifs is 2. The van der Waals surface area contributed by atoms with E-state index in [2.05, 4.69) is 0 Å². The molecule has 6 heteroatoms. The van der Waals surface area contributed by atoms with Gasteiger partial charge in [0.25, 0.3) is 0 Å². The smallest absolute Gasteiger partial charge is 0.338 e. The monoisotopic (exact) mass is 334 g/mol. The van der Waals surface area contributed by atoms with Gasteiger partial charge >= 0.3 is 5.97 Å². The first-order chi connectivity index (χ1) is 11.5. The van der Waals surface area contributed by atoms with Crippen LogP contribution in [-0.2, 0) is 23.7 Å². The minimum absolute atomic E-state index is 0.0929. The molecule has 1 aromatic carbocycles. The van der Waals surface area contributed by atoms with Gasteiger partial charge in [-0.25, -0.2) is 4.79 Å². The van der Waals surface area contributed by atoms with Crippen LogP contribution in [0.5, 0.6) is 0 Å². The summed E-state index contributed by atoms with van der Waals surface area (Å²) >= 11 is 0. The van der Waals surface area contributed by atoms with Crippen LogP contribution in [0.3, 0.4) is 0 Å². The maximum atomic E-state index is 12.1. The van der Waals surface area contributed by atoms with E-state index in [0.29, 0.717) is 12.2 Å². The molecule has 2 aliphatic heterocycles. The normalized spacial score (nSPS) is 39.0. The van der Waals surface area contributed by atoms with Crippen molar-refractivity contribution in [2.24, 2.45) is 5.92 Å². The molecule has 3 fully saturated rings. The lowest BCUT2D eigenvalue weighted by atomic mass is 10.1. The zero-order valence-corrected chi connectivity index (χ0v) is 14.1. The first-order valence-electron chi connectivity index (χ1n) is 8.24. The topological polar surface area (TPSA) is 63.2 Å². The number of hydrogen-bond donors (Lipinski definition) is 0. The highest BCUT2D eigenvalue weighted by Gasteiger charge is 2.73. The maximum absolute atomic E-state index is 12.1. The highest BCUT2D eigenvalue weighted by atomic mass is 16.8. The maximum Gasteiger partial charge on any atom is 0.338 e. The minimum Gasteiger partial charge on any atom is -0.462 e. The zero-order chi connectivity index (χ0) is 16.9. The third-order valence-corrected chi connectivity index (χ3v) is 4.97. The van der Waals surface area contributed by atoms with Crippen LogP contribution in [0.15, 0.2) is 30.3 Å². The highest BCUT2D eigenvalue weighted by molar-refractivity contribution is 5.89. The molecule has 3 unspecified atom stereocenters. The number of hydrogen-bond acceptors (Lipinski definition) is 6. The summed E-state index contributed by atoms with van der Waals surface area (Å²) in [6.07, 6.45) is -0.125. The lowest BCUT2D eigenvalue weighted by Crippen LogP contribution is -2.33. The molecule has 1 aliphatic carbocycles. The molecule has 1 spiro atoms. The number of benzene rings is 1. The Labute approximate surface area is 141 Å². The molecule has 3 aliphatic rings. The summed E-state index contributed by atoms with van der Waals surface area (Å²) in [5.74, 6) is -0.883. The van der Waals surface area contributed by atoms with Gasteiger partial charge in [0.15, 0.2) is 12.1 Å². The molecular formula is C18H22O6. The fourth-order valence-electron chi connectivity index (χ4n) is 3.75. The van der Waals surface area contributed by atoms with E-state index in [0.717, 1.165) is 6.42 Å². The number of carbonyl (C=O) groups excluding carboxylic acids is 1. The van der Waals surface area contributed by atoms with Crippen LogP contribution < -0.4 is 0 Å². The SMILES string of the molecule is COC1O[C@@]2(C[C@H]2COC(=O)c2ccccc2)C2OC(C)(C)OC12. The zero-order valence-electron chi connectivity index (χ0n) is 14.1. The summed E-state index contributed by atoms with van der Waals surface area (Å²) in [6.45, 7) is 4.08. The second-order valence-electron chi connectivity index (χ2n) is 7.06. The first kappa shape index (κ1) is 16.0. The Morgan fingerprint density at radius 2 is 1.96 bits per heavy atom. The van der Waals surface area contributed by atoms with Crippen molar-refractivity contribution in [3.63, 3.8) is 0 Å². The van der Waals surface area contributed by atoms with Gasteiger partial charge in [-0.05, 0) is 32.4 Å². The average Bonchev–Trinajstić information content (AvgIpc) is 3.07. The molecule has 0 amide bonds. The molecule has 6 nitrogen and oxygen atoms in total. The van der Waals surface area contributed by atoms with Gasteiger partial charge in [0.2, 0.25) is 0 Å². The third-order valence-electron chi connectivity index (χ3n) is 4.97. The number of rotatable bonds is 4. The van der Waals surface area contributed by atoms with E-state index in [1.807, 2.05) is 32.0 Å². The Morgan fingerprint density at radius 1 is 1.21 bits per heavy atom. The highest BCUT2D eigenvalue weighted by Crippen LogP contribution is 2.60. The molecule has 0 aromatic heterocycles. The molecule has 0 N–H and O–H groups in total. The van der Waals surface area contributed by atoms with Crippen molar-refractivity contribution in [1.29, 1.82) is 0 Å². The van der Waals surface area contributed by atoms with Crippen LogP contribution in [-0.4, -0.2) is 49.6 Å². The average molecular weight is 334 g/mol. The van der Waals surface area contributed by atoms with Crippen molar-refractivity contribution < 1.29 is 28.5 Å². The van der Waals surface area contributed by atoms with Crippen LogP contribution in [0.1, 0.15) is 30.6 Å². The molecule has 0 bridgehead atoms. The third kappa shape index (κ3) is 2.54. The lowest BCUT2D eigenvalue weighted by Gasteiger charge is -2.24. The van der Waals surface area contributed by atoms with Crippen LogP contribution >= 0.6 is 0 Å². The summed E-state index contributed by atoms with van der Waals surface area (Å²) in [4.78, 5) is 12.1. The van der Waals surface area contributed by atoms with Crippen molar-refractivity contribution in [3.05, 3.63) is 35.9 Å². The first-order valence-corrected chi connectivity index (χ1v) is 8.24. The Kier molecular flexibility index (Phi) is 3.69. The Bertz CT molecular complexity index is 630. The summed E-state index contributed by atoms with van der Waals surface area (Å²) < 4.78 is 28.9. The Balaban J connectivity index is 1.41. The standard InChI is InChI=1S/C18H22O6/c1-17(2)22-13-14(23-17)18(24-16(13)20-3)9-12(18)10-21-15(19)11-7-5-4-6-8-11/h4-8,12-14,16H,9-10H2,1-3H3/t12-,13?,14?,16?,18+/m0/s1. The van der Waals surface area contributed by atoms with E-state index in [9.17, 15) is 4.79 Å². The van der Waals surface area contributed by atoms with Crippen molar-refractivity contribution in [2.75, 3.05) is 13.7 Å². The van der Waals surface area contributed by atoms with E-state index < -0.39 is 17.7 Å². The van der Waals surface area contributed by atoms with Crippen LogP contribution in [0.25, 0.3) is 0 Å². The molecule has 1 aromatic rings. The second kappa shape index (κ2) is 5.52. The van der Waals surface area contributed by atoms with Crippen molar-refractivity contribution in [2.45, 2.75) is 50.2 Å². The van der Waals surface area contributed by atoms with Gasteiger partial charge in [0, 0.05) is 13.0 Å². The quantitative estimate of drug-likeness (QED) is 0.786. The second-order valence-corrected chi connectivity index (χ2v) is 7.06. The van der Waals surface area contributed by atoms with E-state index >= 15 is 0 Å². The van der Waals surface area contributed by atoms with Crippen molar-refractivity contribution >= 4 is 5.97 Å². The molecule has 130 valence electrons. The van der Waals surface area contributed by atoms with E-state index in [1.54, 1.807) is 19.2 Å². The molecule has 1 saturated carbocycles. The predicted octanol–water partition coefficient (Wildman–Crippen LogP) is 2.12. The number of esters is 1. The Morgan fingerprint density at radius 3 is 2.67 bits per heavy atom. The predicted molar refractivity (Wildman–Crippen MR) is 83.3 cm³/mol. The minimum atomic E-state index is -0.656. The fraction of sp³-hybridized carbons (Fsp3) is 0.611. The molecule has 5 atom stereocenters. The lowest BCUT2D eigenvalue weighted by molar-refractivity contribution is -0.235. The van der Waals surface area contributed by atoms with Gasteiger partial charge in [-0.15, -0.1) is 0 Å². The largest absolute Gasteiger partial charge is 0.462 e. The van der Waals surface area contributed by atoms with Crippen LogP contribution in [0.4, 0.5) is 0 Å². The van der Waals surface area contributed by atoms with Crippen LogP contribution in [0, 0.1) is 5.92 Å². The van der Waals surface area contributed by atoms with Gasteiger partial charge in [-0.2, -0.15) is 0 Å². The van der Waals surface area contributed by atoms with Crippen molar-refractivity contribution in [3.8, 4) is 0 Å². The number of ether oxygens (including phenoxy) is 5. The van der Waals surface area contributed by atoms with Gasteiger partial charge in [-0.3, -0.25) is 0 Å². The molecule has 2 heterocycles. The Hall–Kier alpha value is -1.47. The number of carbonyl (C=O) groups is 1. The van der Waals surface area contributed by atoms with Crippen molar-refractivity contribution in [1.82, 2.24) is 0 Å².